The average molecular weight is 284 g/mol. The molecule has 0 aliphatic heterocycles. The van der Waals surface area contributed by atoms with Gasteiger partial charge < -0.3 is 4.74 Å². The van der Waals surface area contributed by atoms with Gasteiger partial charge in [-0.2, -0.15) is 5.26 Å². The molecule has 0 radical (unpaired) electrons. The van der Waals surface area contributed by atoms with Crippen LogP contribution in [0.4, 0.5) is 14.9 Å². The molecule has 2 aromatic carbocycles. The molecule has 0 aliphatic carbocycles. The number of anilines is 1. The number of amides is 1. The predicted octanol–water partition coefficient (Wildman–Crippen LogP) is 3.49. The highest BCUT2D eigenvalue weighted by atomic mass is 19.1. The Balaban J connectivity index is 2.08. The van der Waals surface area contributed by atoms with Crippen LogP contribution in [-0.4, -0.2) is 12.6 Å². The molecule has 0 unspecified atom stereocenters. The van der Waals surface area contributed by atoms with Gasteiger partial charge in [0.05, 0.1) is 11.8 Å². The van der Waals surface area contributed by atoms with Crippen LogP contribution in [0.25, 0.3) is 0 Å². The summed E-state index contributed by atoms with van der Waals surface area (Å²) < 4.78 is 18.4. The van der Waals surface area contributed by atoms with E-state index in [4.69, 9.17) is 10.00 Å². The van der Waals surface area contributed by atoms with Gasteiger partial charge in [-0.15, -0.1) is 0 Å². The van der Waals surface area contributed by atoms with E-state index in [-0.39, 0.29) is 18.8 Å². The Morgan fingerprint density at radius 1 is 1.19 bits per heavy atom. The summed E-state index contributed by atoms with van der Waals surface area (Å²) in [5.41, 5.74) is 1.12. The lowest BCUT2D eigenvalue weighted by molar-refractivity contribution is 0.148. The molecule has 21 heavy (non-hydrogen) atoms. The van der Waals surface area contributed by atoms with Crippen LogP contribution < -0.4 is 4.90 Å². The first-order valence-electron chi connectivity index (χ1n) is 6.31. The molecule has 0 atom stereocenters. The third-order valence-electron chi connectivity index (χ3n) is 2.77. The number of benzene rings is 2. The molecular formula is C16H13FN2O2. The van der Waals surface area contributed by atoms with Crippen LogP contribution in [0.2, 0.25) is 0 Å². The number of hydrogen-bond acceptors (Lipinski definition) is 3. The molecule has 0 saturated heterocycles. The van der Waals surface area contributed by atoms with Gasteiger partial charge in [-0.05, 0) is 23.8 Å². The predicted molar refractivity (Wildman–Crippen MR) is 76.0 cm³/mol. The molecule has 1 amide bonds. The number of nitrogens with zero attached hydrogens (tertiary/aromatic N) is 2. The monoisotopic (exact) mass is 284 g/mol. The van der Waals surface area contributed by atoms with Crippen molar-refractivity contribution in [1.29, 1.82) is 5.26 Å². The molecule has 0 bridgehead atoms. The SMILES string of the molecule is N#CCN(C(=O)OCc1ccccc1)c1cccc(F)c1. The number of halogens is 1. The van der Waals surface area contributed by atoms with Crippen LogP contribution in [0, 0.1) is 17.1 Å². The van der Waals surface area contributed by atoms with Crippen molar-refractivity contribution >= 4 is 11.8 Å². The first-order valence-corrected chi connectivity index (χ1v) is 6.31. The van der Waals surface area contributed by atoms with E-state index in [0.717, 1.165) is 10.5 Å². The van der Waals surface area contributed by atoms with Crippen molar-refractivity contribution < 1.29 is 13.9 Å². The minimum atomic E-state index is -0.689. The molecule has 4 nitrogen and oxygen atoms in total. The lowest BCUT2D eigenvalue weighted by Gasteiger charge is -2.19. The van der Waals surface area contributed by atoms with Gasteiger partial charge in [0, 0.05) is 0 Å². The van der Waals surface area contributed by atoms with Gasteiger partial charge in [-0.25, -0.2) is 9.18 Å². The Morgan fingerprint density at radius 3 is 2.62 bits per heavy atom. The highest BCUT2D eigenvalue weighted by Gasteiger charge is 2.17. The molecule has 0 aliphatic rings. The summed E-state index contributed by atoms with van der Waals surface area (Å²) in [5.74, 6) is -0.480. The smallest absolute Gasteiger partial charge is 0.415 e. The van der Waals surface area contributed by atoms with Crippen molar-refractivity contribution in [2.24, 2.45) is 0 Å². The minimum absolute atomic E-state index is 0.0942. The Kier molecular flexibility index (Phi) is 4.89. The summed E-state index contributed by atoms with van der Waals surface area (Å²) in [4.78, 5) is 13.1. The van der Waals surface area contributed by atoms with Gasteiger partial charge in [0.1, 0.15) is 19.0 Å². The summed E-state index contributed by atoms with van der Waals surface area (Å²) >= 11 is 0. The van der Waals surface area contributed by atoms with Crippen molar-refractivity contribution in [2.45, 2.75) is 6.61 Å². The minimum Gasteiger partial charge on any atom is -0.444 e. The molecule has 0 spiro atoms. The Morgan fingerprint density at radius 2 is 1.95 bits per heavy atom. The quantitative estimate of drug-likeness (QED) is 0.807. The summed E-state index contributed by atoms with van der Waals surface area (Å²) in [6.07, 6.45) is -0.689. The van der Waals surface area contributed by atoms with Gasteiger partial charge in [0.2, 0.25) is 0 Å². The largest absolute Gasteiger partial charge is 0.444 e. The first kappa shape index (κ1) is 14.5. The van der Waals surface area contributed by atoms with Crippen LogP contribution in [0.15, 0.2) is 54.6 Å². The van der Waals surface area contributed by atoms with E-state index in [1.807, 2.05) is 36.4 Å². The van der Waals surface area contributed by atoms with Crippen molar-refractivity contribution in [2.75, 3.05) is 11.4 Å². The maximum Gasteiger partial charge on any atom is 0.415 e. The van der Waals surface area contributed by atoms with Crippen LogP contribution in [-0.2, 0) is 11.3 Å². The normalized spacial score (nSPS) is 9.71. The van der Waals surface area contributed by atoms with E-state index < -0.39 is 11.9 Å². The summed E-state index contributed by atoms with van der Waals surface area (Å²) in [7, 11) is 0. The maximum absolute atomic E-state index is 13.2. The van der Waals surface area contributed by atoms with Crippen LogP contribution in [0.1, 0.15) is 5.56 Å². The molecule has 0 heterocycles. The van der Waals surface area contributed by atoms with E-state index in [9.17, 15) is 9.18 Å². The standard InChI is InChI=1S/C16H13FN2O2/c17-14-7-4-8-15(11-14)19(10-9-18)16(20)21-12-13-5-2-1-3-6-13/h1-8,11H,10,12H2. The maximum atomic E-state index is 13.2. The van der Waals surface area contributed by atoms with Gasteiger partial charge in [-0.1, -0.05) is 36.4 Å². The zero-order chi connectivity index (χ0) is 15.1. The van der Waals surface area contributed by atoms with Gasteiger partial charge in [-0.3, -0.25) is 4.90 Å². The van der Waals surface area contributed by atoms with E-state index in [1.54, 1.807) is 6.07 Å². The Labute approximate surface area is 122 Å². The van der Waals surface area contributed by atoms with Crippen LogP contribution in [0.5, 0.6) is 0 Å². The number of hydrogen-bond donors (Lipinski definition) is 0. The van der Waals surface area contributed by atoms with Crippen molar-refractivity contribution in [3.05, 3.63) is 66.0 Å². The molecule has 2 aromatic rings. The number of ether oxygens (including phenoxy) is 1. The third-order valence-corrected chi connectivity index (χ3v) is 2.77. The zero-order valence-corrected chi connectivity index (χ0v) is 11.2. The molecule has 0 fully saturated rings. The Bertz CT molecular complexity index is 653. The highest BCUT2D eigenvalue weighted by Crippen LogP contribution is 2.17. The van der Waals surface area contributed by atoms with Gasteiger partial charge >= 0.3 is 6.09 Å². The van der Waals surface area contributed by atoms with E-state index in [0.29, 0.717) is 0 Å². The Hall–Kier alpha value is -2.87. The average Bonchev–Trinajstić information content (AvgIpc) is 2.51. The molecule has 0 N–H and O–H groups in total. The van der Waals surface area contributed by atoms with Crippen LogP contribution in [0.3, 0.4) is 0 Å². The van der Waals surface area contributed by atoms with Crippen molar-refractivity contribution in [1.82, 2.24) is 0 Å². The number of carbonyl (C=O) groups is 1. The molecule has 5 heteroatoms. The molecule has 0 aromatic heterocycles. The lowest BCUT2D eigenvalue weighted by atomic mass is 10.2. The molecular weight excluding hydrogens is 271 g/mol. The number of carbonyl (C=O) groups excluding carboxylic acids is 1. The number of nitriles is 1. The van der Waals surface area contributed by atoms with Crippen molar-refractivity contribution in [3.8, 4) is 6.07 Å². The molecule has 0 saturated carbocycles. The first-order chi connectivity index (χ1) is 10.2. The summed E-state index contributed by atoms with van der Waals surface area (Å²) in [5, 5.41) is 8.81. The third kappa shape index (κ3) is 4.05. The van der Waals surface area contributed by atoms with Crippen LogP contribution >= 0.6 is 0 Å². The van der Waals surface area contributed by atoms with E-state index >= 15 is 0 Å². The molecule has 2 rings (SSSR count). The van der Waals surface area contributed by atoms with Crippen molar-refractivity contribution in [3.63, 3.8) is 0 Å². The summed E-state index contributed by atoms with van der Waals surface area (Å²) in [6, 6.07) is 16.5. The van der Waals surface area contributed by atoms with E-state index in [1.165, 1.54) is 18.2 Å². The molecule has 106 valence electrons. The second kappa shape index (κ2) is 7.06. The van der Waals surface area contributed by atoms with Gasteiger partial charge in [0.15, 0.2) is 0 Å². The fraction of sp³-hybridized carbons (Fsp3) is 0.125. The summed E-state index contributed by atoms with van der Waals surface area (Å²) in [6.45, 7) is -0.117. The fourth-order valence-corrected chi connectivity index (χ4v) is 1.77. The fourth-order valence-electron chi connectivity index (χ4n) is 1.77. The van der Waals surface area contributed by atoms with E-state index in [2.05, 4.69) is 0 Å². The number of rotatable bonds is 4. The lowest BCUT2D eigenvalue weighted by Crippen LogP contribution is -2.31. The van der Waals surface area contributed by atoms with Gasteiger partial charge in [0.25, 0.3) is 0 Å². The highest BCUT2D eigenvalue weighted by molar-refractivity contribution is 5.88. The topological polar surface area (TPSA) is 53.3 Å². The zero-order valence-electron chi connectivity index (χ0n) is 11.2. The second-order valence-electron chi connectivity index (χ2n) is 4.26. The second-order valence-corrected chi connectivity index (χ2v) is 4.26.